The first-order chi connectivity index (χ1) is 7.18. The van der Waals surface area contributed by atoms with Crippen LogP contribution in [0.25, 0.3) is 0 Å². The van der Waals surface area contributed by atoms with E-state index in [9.17, 15) is 4.79 Å². The first-order valence-electron chi connectivity index (χ1n) is 4.90. The summed E-state index contributed by atoms with van der Waals surface area (Å²) in [6.07, 6.45) is 1.64. The standard InChI is InChI=1S/C9H13N3O3/c1-12-10-7(8(11-12)9(13)14)6-2-4-15-5-3-6/h6H,2-5H2,1H3,(H,13,14). The van der Waals surface area contributed by atoms with Gasteiger partial charge in [0.25, 0.3) is 0 Å². The molecule has 0 unspecified atom stereocenters. The van der Waals surface area contributed by atoms with Crippen LogP contribution in [0.3, 0.4) is 0 Å². The topological polar surface area (TPSA) is 77.2 Å². The minimum absolute atomic E-state index is 0.0735. The van der Waals surface area contributed by atoms with Gasteiger partial charge in [-0.1, -0.05) is 0 Å². The van der Waals surface area contributed by atoms with Crippen LogP contribution in [-0.2, 0) is 11.8 Å². The van der Waals surface area contributed by atoms with Crippen molar-refractivity contribution in [1.29, 1.82) is 0 Å². The molecule has 0 bridgehead atoms. The van der Waals surface area contributed by atoms with Gasteiger partial charge in [-0.2, -0.15) is 9.90 Å². The molecule has 82 valence electrons. The van der Waals surface area contributed by atoms with E-state index in [4.69, 9.17) is 9.84 Å². The lowest BCUT2D eigenvalue weighted by atomic mass is 9.95. The van der Waals surface area contributed by atoms with Crippen molar-refractivity contribution in [1.82, 2.24) is 15.0 Å². The highest BCUT2D eigenvalue weighted by molar-refractivity contribution is 5.86. The second kappa shape index (κ2) is 3.98. The fourth-order valence-corrected chi connectivity index (χ4v) is 1.82. The van der Waals surface area contributed by atoms with Gasteiger partial charge in [-0.05, 0) is 12.8 Å². The SMILES string of the molecule is Cn1nc(C(=O)O)c(C2CCOCC2)n1. The number of ether oxygens (including phenoxy) is 1. The number of carboxylic acid groups (broad SMARTS) is 1. The van der Waals surface area contributed by atoms with Gasteiger partial charge in [-0.25, -0.2) is 4.79 Å². The van der Waals surface area contributed by atoms with Crippen molar-refractivity contribution in [2.75, 3.05) is 13.2 Å². The summed E-state index contributed by atoms with van der Waals surface area (Å²) in [4.78, 5) is 12.2. The molecule has 1 aromatic rings. The second-order valence-electron chi connectivity index (χ2n) is 3.62. The molecule has 0 saturated carbocycles. The van der Waals surface area contributed by atoms with Crippen LogP contribution >= 0.6 is 0 Å². The van der Waals surface area contributed by atoms with Crippen LogP contribution in [0.1, 0.15) is 34.9 Å². The molecule has 6 nitrogen and oxygen atoms in total. The van der Waals surface area contributed by atoms with Crippen LogP contribution in [0.2, 0.25) is 0 Å². The molecule has 1 aliphatic rings. The molecule has 0 aromatic carbocycles. The van der Waals surface area contributed by atoms with Gasteiger partial charge in [0.2, 0.25) is 0 Å². The van der Waals surface area contributed by atoms with Gasteiger partial charge in [0.05, 0.1) is 0 Å². The maximum atomic E-state index is 10.9. The smallest absolute Gasteiger partial charge is 0.358 e. The van der Waals surface area contributed by atoms with Crippen LogP contribution in [0, 0.1) is 0 Å². The second-order valence-corrected chi connectivity index (χ2v) is 3.62. The molecule has 1 aliphatic heterocycles. The molecular weight excluding hydrogens is 198 g/mol. The number of aryl methyl sites for hydroxylation is 1. The molecule has 0 spiro atoms. The lowest BCUT2D eigenvalue weighted by Crippen LogP contribution is -2.17. The highest BCUT2D eigenvalue weighted by atomic mass is 16.5. The molecule has 6 heteroatoms. The van der Waals surface area contributed by atoms with Crippen LogP contribution in [0.4, 0.5) is 0 Å². The zero-order valence-electron chi connectivity index (χ0n) is 8.51. The third-order valence-corrected chi connectivity index (χ3v) is 2.55. The van der Waals surface area contributed by atoms with Crippen molar-refractivity contribution in [3.8, 4) is 0 Å². The summed E-state index contributed by atoms with van der Waals surface area (Å²) in [6.45, 7) is 1.33. The summed E-state index contributed by atoms with van der Waals surface area (Å²) in [5, 5.41) is 16.9. The molecule has 1 N–H and O–H groups in total. The van der Waals surface area contributed by atoms with Crippen molar-refractivity contribution < 1.29 is 14.6 Å². The van der Waals surface area contributed by atoms with Crippen LogP contribution in [-0.4, -0.2) is 39.3 Å². The van der Waals surface area contributed by atoms with E-state index >= 15 is 0 Å². The van der Waals surface area contributed by atoms with Crippen molar-refractivity contribution in [3.05, 3.63) is 11.4 Å². The van der Waals surface area contributed by atoms with Gasteiger partial charge >= 0.3 is 5.97 Å². The Hall–Kier alpha value is -1.43. The molecule has 0 atom stereocenters. The highest BCUT2D eigenvalue weighted by Gasteiger charge is 2.26. The first-order valence-corrected chi connectivity index (χ1v) is 4.90. The van der Waals surface area contributed by atoms with E-state index < -0.39 is 5.97 Å². The lowest BCUT2D eigenvalue weighted by Gasteiger charge is -2.20. The maximum Gasteiger partial charge on any atom is 0.358 e. The molecule has 0 radical (unpaired) electrons. The minimum atomic E-state index is -1.01. The van der Waals surface area contributed by atoms with E-state index in [0.717, 1.165) is 12.8 Å². The van der Waals surface area contributed by atoms with Crippen molar-refractivity contribution in [3.63, 3.8) is 0 Å². The Morgan fingerprint density at radius 1 is 1.47 bits per heavy atom. The average Bonchev–Trinajstić information content (AvgIpc) is 2.62. The number of aromatic nitrogens is 3. The number of rotatable bonds is 2. The van der Waals surface area contributed by atoms with E-state index in [1.807, 2.05) is 0 Å². The number of aromatic carboxylic acids is 1. The Morgan fingerprint density at radius 3 is 2.73 bits per heavy atom. The molecule has 1 aromatic heterocycles. The van der Waals surface area contributed by atoms with Gasteiger partial charge in [0, 0.05) is 26.2 Å². The summed E-state index contributed by atoms with van der Waals surface area (Å²) in [5.74, 6) is -0.844. The van der Waals surface area contributed by atoms with Gasteiger partial charge < -0.3 is 9.84 Å². The van der Waals surface area contributed by atoms with Crippen LogP contribution in [0.5, 0.6) is 0 Å². The maximum absolute atomic E-state index is 10.9. The summed E-state index contributed by atoms with van der Waals surface area (Å²) >= 11 is 0. The normalized spacial score (nSPS) is 17.9. The molecule has 0 amide bonds. The van der Waals surface area contributed by atoms with Crippen molar-refractivity contribution in [2.45, 2.75) is 18.8 Å². The Morgan fingerprint density at radius 2 is 2.13 bits per heavy atom. The number of hydrogen-bond donors (Lipinski definition) is 1. The Bertz CT molecular complexity index is 369. The third-order valence-electron chi connectivity index (χ3n) is 2.55. The number of hydrogen-bond acceptors (Lipinski definition) is 4. The van der Waals surface area contributed by atoms with E-state index in [1.165, 1.54) is 4.80 Å². The van der Waals surface area contributed by atoms with Crippen LogP contribution in [0.15, 0.2) is 0 Å². The van der Waals surface area contributed by atoms with Crippen molar-refractivity contribution >= 4 is 5.97 Å². The third kappa shape index (κ3) is 1.99. The predicted molar refractivity (Wildman–Crippen MR) is 50.8 cm³/mol. The Labute approximate surface area is 86.8 Å². The monoisotopic (exact) mass is 211 g/mol. The highest BCUT2D eigenvalue weighted by Crippen LogP contribution is 2.26. The summed E-state index contributed by atoms with van der Waals surface area (Å²) in [7, 11) is 1.63. The molecule has 2 heterocycles. The number of carbonyl (C=O) groups is 1. The summed E-state index contributed by atoms with van der Waals surface area (Å²) in [6, 6.07) is 0. The van der Waals surface area contributed by atoms with E-state index in [1.54, 1.807) is 7.05 Å². The van der Waals surface area contributed by atoms with E-state index in [-0.39, 0.29) is 11.6 Å². The minimum Gasteiger partial charge on any atom is -0.476 e. The summed E-state index contributed by atoms with van der Waals surface area (Å²) in [5.41, 5.74) is 0.665. The Kier molecular flexibility index (Phi) is 2.68. The first kappa shape index (κ1) is 10.1. The lowest BCUT2D eigenvalue weighted by molar-refractivity contribution is 0.0678. The van der Waals surface area contributed by atoms with Gasteiger partial charge in [0.15, 0.2) is 5.69 Å². The number of nitrogens with zero attached hydrogens (tertiary/aromatic N) is 3. The predicted octanol–water partition coefficient (Wildman–Crippen LogP) is 0.407. The largest absolute Gasteiger partial charge is 0.476 e. The van der Waals surface area contributed by atoms with E-state index in [2.05, 4.69) is 10.2 Å². The quantitative estimate of drug-likeness (QED) is 0.766. The average molecular weight is 211 g/mol. The van der Waals surface area contributed by atoms with Gasteiger partial charge in [-0.15, -0.1) is 5.10 Å². The summed E-state index contributed by atoms with van der Waals surface area (Å²) < 4.78 is 5.23. The van der Waals surface area contributed by atoms with Crippen LogP contribution < -0.4 is 0 Å². The molecule has 15 heavy (non-hydrogen) atoms. The fourth-order valence-electron chi connectivity index (χ4n) is 1.82. The van der Waals surface area contributed by atoms with Crippen molar-refractivity contribution in [2.24, 2.45) is 7.05 Å². The fraction of sp³-hybridized carbons (Fsp3) is 0.667. The molecular formula is C9H13N3O3. The zero-order chi connectivity index (χ0) is 10.8. The zero-order valence-corrected chi connectivity index (χ0v) is 8.51. The van der Waals surface area contributed by atoms with Gasteiger partial charge in [0.1, 0.15) is 5.69 Å². The van der Waals surface area contributed by atoms with E-state index in [0.29, 0.717) is 18.9 Å². The molecule has 1 fully saturated rings. The number of carboxylic acids is 1. The molecule has 0 aliphatic carbocycles. The Balaban J connectivity index is 2.28. The van der Waals surface area contributed by atoms with Gasteiger partial charge in [-0.3, -0.25) is 0 Å². The molecule has 2 rings (SSSR count). The molecule has 1 saturated heterocycles.